The number of aliphatic carboxylic acids is 1. The fourth-order valence-electron chi connectivity index (χ4n) is 3.59. The van der Waals surface area contributed by atoms with Crippen LogP contribution >= 0.6 is 15.9 Å². The van der Waals surface area contributed by atoms with Gasteiger partial charge in [-0.25, -0.2) is 0 Å². The Labute approximate surface area is 147 Å². The van der Waals surface area contributed by atoms with Crippen LogP contribution in [-0.4, -0.2) is 53.6 Å². The van der Waals surface area contributed by atoms with Crippen LogP contribution in [0.3, 0.4) is 0 Å². The zero-order valence-corrected chi connectivity index (χ0v) is 15.6. The van der Waals surface area contributed by atoms with Crippen molar-refractivity contribution in [2.45, 2.75) is 44.7 Å². The molecule has 5 heteroatoms. The molecule has 0 saturated carbocycles. The molecular formula is C18H27BrN2O2. The molecule has 1 aliphatic heterocycles. The van der Waals surface area contributed by atoms with E-state index in [0.29, 0.717) is 12.1 Å². The first-order valence-corrected chi connectivity index (χ1v) is 9.22. The second-order valence-corrected chi connectivity index (χ2v) is 7.32. The van der Waals surface area contributed by atoms with Gasteiger partial charge in [0.05, 0.1) is 6.54 Å². The monoisotopic (exact) mass is 382 g/mol. The second-order valence-electron chi connectivity index (χ2n) is 6.41. The summed E-state index contributed by atoms with van der Waals surface area (Å²) in [6.45, 7) is 4.50. The second kappa shape index (κ2) is 8.81. The van der Waals surface area contributed by atoms with Crippen LogP contribution < -0.4 is 0 Å². The molecule has 0 aromatic heterocycles. The molecule has 0 spiro atoms. The Bertz CT molecular complexity index is 506. The molecule has 2 unspecified atom stereocenters. The highest BCUT2D eigenvalue weighted by Crippen LogP contribution is 2.28. The van der Waals surface area contributed by atoms with Crippen molar-refractivity contribution in [1.82, 2.24) is 9.80 Å². The van der Waals surface area contributed by atoms with E-state index in [1.807, 2.05) is 11.9 Å². The molecule has 2 atom stereocenters. The number of carboxylic acid groups (broad SMARTS) is 1. The molecule has 1 N–H and O–H groups in total. The molecule has 23 heavy (non-hydrogen) atoms. The van der Waals surface area contributed by atoms with E-state index in [0.717, 1.165) is 43.2 Å². The van der Waals surface area contributed by atoms with Crippen LogP contribution in [0.2, 0.25) is 0 Å². The van der Waals surface area contributed by atoms with Crippen LogP contribution in [0.5, 0.6) is 0 Å². The van der Waals surface area contributed by atoms with Gasteiger partial charge in [0.25, 0.3) is 0 Å². The Kier molecular flexibility index (Phi) is 7.06. The van der Waals surface area contributed by atoms with Crippen molar-refractivity contribution in [3.63, 3.8) is 0 Å². The Hall–Kier alpha value is -0.910. The molecular weight excluding hydrogens is 356 g/mol. The number of likely N-dealkylation sites (tertiary alicyclic amines) is 1. The van der Waals surface area contributed by atoms with Crippen molar-refractivity contribution in [2.24, 2.45) is 0 Å². The molecule has 0 radical (unpaired) electrons. The third-order valence-corrected chi connectivity index (χ3v) is 5.35. The summed E-state index contributed by atoms with van der Waals surface area (Å²) in [6.07, 6.45) is 4.34. The number of rotatable bonds is 6. The Morgan fingerprint density at radius 2 is 2.04 bits per heavy atom. The predicted molar refractivity (Wildman–Crippen MR) is 96.7 cm³/mol. The lowest BCUT2D eigenvalue weighted by molar-refractivity contribution is -0.138. The van der Waals surface area contributed by atoms with Crippen LogP contribution in [0.1, 0.15) is 44.2 Å². The molecule has 1 aromatic carbocycles. The average Bonchev–Trinajstić information content (AvgIpc) is 2.75. The fraction of sp³-hybridized carbons (Fsp3) is 0.611. The highest BCUT2D eigenvalue weighted by molar-refractivity contribution is 9.10. The highest BCUT2D eigenvalue weighted by Gasteiger charge is 2.25. The van der Waals surface area contributed by atoms with Gasteiger partial charge in [-0.05, 0) is 57.0 Å². The van der Waals surface area contributed by atoms with E-state index in [4.69, 9.17) is 5.11 Å². The molecule has 1 heterocycles. The van der Waals surface area contributed by atoms with E-state index < -0.39 is 5.97 Å². The first-order valence-electron chi connectivity index (χ1n) is 8.42. The van der Waals surface area contributed by atoms with Crippen molar-refractivity contribution in [3.8, 4) is 0 Å². The minimum Gasteiger partial charge on any atom is -0.480 e. The molecule has 128 valence electrons. The molecule has 1 aliphatic rings. The van der Waals surface area contributed by atoms with Crippen LogP contribution in [0.25, 0.3) is 0 Å². The quantitative estimate of drug-likeness (QED) is 0.812. The molecule has 0 aliphatic carbocycles. The number of hydrogen-bond acceptors (Lipinski definition) is 3. The highest BCUT2D eigenvalue weighted by atomic mass is 79.9. The van der Waals surface area contributed by atoms with E-state index in [-0.39, 0.29) is 6.54 Å². The average molecular weight is 383 g/mol. The number of nitrogens with zero attached hydrogens (tertiary/aromatic N) is 2. The summed E-state index contributed by atoms with van der Waals surface area (Å²) in [7, 11) is 1.93. The Morgan fingerprint density at radius 1 is 1.35 bits per heavy atom. The normalized spacial score (nSPS) is 21.1. The van der Waals surface area contributed by atoms with Crippen LogP contribution in [0.4, 0.5) is 0 Å². The third-order valence-electron chi connectivity index (χ3n) is 4.82. The van der Waals surface area contributed by atoms with E-state index in [9.17, 15) is 4.79 Å². The summed E-state index contributed by atoms with van der Waals surface area (Å²) < 4.78 is 1.11. The minimum atomic E-state index is -0.741. The van der Waals surface area contributed by atoms with Crippen molar-refractivity contribution >= 4 is 21.9 Å². The number of likely N-dealkylation sites (N-methyl/N-ethyl adjacent to an activating group) is 1. The lowest BCUT2D eigenvalue weighted by Gasteiger charge is -2.31. The van der Waals surface area contributed by atoms with Gasteiger partial charge >= 0.3 is 5.97 Å². The van der Waals surface area contributed by atoms with E-state index >= 15 is 0 Å². The maximum Gasteiger partial charge on any atom is 0.317 e. The Balaban J connectivity index is 2.00. The van der Waals surface area contributed by atoms with Gasteiger partial charge < -0.3 is 5.11 Å². The van der Waals surface area contributed by atoms with E-state index in [1.165, 1.54) is 5.56 Å². The van der Waals surface area contributed by atoms with Gasteiger partial charge in [0.2, 0.25) is 0 Å². The standard InChI is InChI=1S/C18H27BrN2O2/c1-3-17(14-6-8-15(19)9-7-14)21-11-4-5-16(10-12-21)20(2)13-18(22)23/h6-9,16-17H,3-5,10-13H2,1-2H3,(H,22,23). The lowest BCUT2D eigenvalue weighted by atomic mass is 10.0. The molecule has 0 bridgehead atoms. The fourth-order valence-corrected chi connectivity index (χ4v) is 3.85. The first kappa shape index (κ1) is 18.4. The van der Waals surface area contributed by atoms with Crippen LogP contribution in [0, 0.1) is 0 Å². The topological polar surface area (TPSA) is 43.8 Å². The maximum atomic E-state index is 10.9. The predicted octanol–water partition coefficient (Wildman–Crippen LogP) is 3.77. The smallest absolute Gasteiger partial charge is 0.317 e. The molecule has 0 amide bonds. The summed E-state index contributed by atoms with van der Waals surface area (Å²) in [6, 6.07) is 9.46. The molecule has 1 fully saturated rings. The SMILES string of the molecule is CCC(c1ccc(Br)cc1)N1CCCC(N(C)CC(=O)O)CC1. The Morgan fingerprint density at radius 3 is 2.65 bits per heavy atom. The summed E-state index contributed by atoms with van der Waals surface area (Å²) >= 11 is 3.50. The van der Waals surface area contributed by atoms with E-state index in [1.54, 1.807) is 0 Å². The van der Waals surface area contributed by atoms with Crippen molar-refractivity contribution in [3.05, 3.63) is 34.3 Å². The number of carboxylic acids is 1. The van der Waals surface area contributed by atoms with Crippen LogP contribution in [-0.2, 0) is 4.79 Å². The van der Waals surface area contributed by atoms with Gasteiger partial charge in [-0.2, -0.15) is 0 Å². The van der Waals surface area contributed by atoms with Gasteiger partial charge in [0.15, 0.2) is 0 Å². The first-order chi connectivity index (χ1) is 11.0. The third kappa shape index (κ3) is 5.30. The number of benzene rings is 1. The van der Waals surface area contributed by atoms with Crippen molar-refractivity contribution < 1.29 is 9.90 Å². The molecule has 1 aromatic rings. The zero-order valence-electron chi connectivity index (χ0n) is 14.0. The molecule has 1 saturated heterocycles. The number of halogens is 1. The summed E-state index contributed by atoms with van der Waals surface area (Å²) in [5.74, 6) is -0.741. The van der Waals surface area contributed by atoms with E-state index in [2.05, 4.69) is 52.0 Å². The van der Waals surface area contributed by atoms with Crippen molar-refractivity contribution in [2.75, 3.05) is 26.7 Å². The van der Waals surface area contributed by atoms with Crippen molar-refractivity contribution in [1.29, 1.82) is 0 Å². The summed E-state index contributed by atoms with van der Waals surface area (Å²) in [5.41, 5.74) is 1.37. The maximum absolute atomic E-state index is 10.9. The number of hydrogen-bond donors (Lipinski definition) is 1. The lowest BCUT2D eigenvalue weighted by Crippen LogP contribution is -2.37. The molecule has 4 nitrogen and oxygen atoms in total. The van der Waals surface area contributed by atoms with Gasteiger partial charge in [0.1, 0.15) is 0 Å². The summed E-state index contributed by atoms with van der Waals surface area (Å²) in [5, 5.41) is 8.98. The van der Waals surface area contributed by atoms with Crippen LogP contribution in [0.15, 0.2) is 28.7 Å². The number of carbonyl (C=O) groups is 1. The van der Waals surface area contributed by atoms with Gasteiger partial charge in [0, 0.05) is 23.1 Å². The van der Waals surface area contributed by atoms with Gasteiger partial charge in [-0.1, -0.05) is 35.0 Å². The summed E-state index contributed by atoms with van der Waals surface area (Å²) in [4.78, 5) is 15.5. The molecule has 2 rings (SSSR count). The zero-order chi connectivity index (χ0) is 16.8. The largest absolute Gasteiger partial charge is 0.480 e. The van der Waals surface area contributed by atoms with Gasteiger partial charge in [-0.3, -0.25) is 14.6 Å². The van der Waals surface area contributed by atoms with Gasteiger partial charge in [-0.15, -0.1) is 0 Å². The minimum absolute atomic E-state index is 0.134.